The number of aromatic nitrogens is 1. The predicted octanol–water partition coefficient (Wildman–Crippen LogP) is 6.04. The lowest BCUT2D eigenvalue weighted by Crippen LogP contribution is -2.51. The van der Waals surface area contributed by atoms with Crippen LogP contribution in [0.15, 0.2) is 30.3 Å². The Bertz CT molecular complexity index is 1070. The van der Waals surface area contributed by atoms with Gasteiger partial charge >= 0.3 is 6.03 Å². The van der Waals surface area contributed by atoms with E-state index >= 15 is 0 Å². The molecule has 38 heavy (non-hydrogen) atoms. The van der Waals surface area contributed by atoms with E-state index in [1.54, 1.807) is 25.1 Å². The number of nitrogens with zero attached hydrogens (tertiary/aromatic N) is 3. The summed E-state index contributed by atoms with van der Waals surface area (Å²) >= 11 is 5.99. The smallest absolute Gasteiger partial charge is 0.322 e. The molecule has 7 nitrogen and oxygen atoms in total. The molecule has 2 atom stereocenters. The molecule has 1 fully saturated rings. The van der Waals surface area contributed by atoms with Crippen molar-refractivity contribution in [3.05, 3.63) is 58.1 Å². The Kier molecular flexibility index (Phi) is 10.9. The first-order valence-corrected chi connectivity index (χ1v) is 14.0. The zero-order valence-corrected chi connectivity index (χ0v) is 23.9. The average Bonchev–Trinajstić information content (AvgIpc) is 2.87. The van der Waals surface area contributed by atoms with E-state index in [0.29, 0.717) is 47.1 Å². The second-order valence-electron chi connectivity index (χ2n) is 10.5. The Hall–Kier alpha value is -2.71. The molecule has 0 aliphatic carbocycles. The third-order valence-electron chi connectivity index (χ3n) is 7.57. The molecule has 0 radical (unpaired) electrons. The standard InChI is InChI=1S/C29H41ClFN5O2/c1-6-19(2)18-36(29(38)34-24-9-7-23(31)8-10-24)25-12-15-35(16-13-25)21(4)11-14-32-28(37)27-20(3)17-26(30)33-22(27)5/h7-10,17,19,21,25H,6,11-16,18H2,1-5H3,(H,32,37)(H,34,38). The van der Waals surface area contributed by atoms with Crippen molar-refractivity contribution in [1.29, 1.82) is 0 Å². The minimum Gasteiger partial charge on any atom is -0.352 e. The molecule has 1 aliphatic rings. The van der Waals surface area contributed by atoms with Crippen LogP contribution < -0.4 is 10.6 Å². The number of hydrogen-bond acceptors (Lipinski definition) is 4. The molecule has 0 saturated carbocycles. The first-order chi connectivity index (χ1) is 18.1. The van der Waals surface area contributed by atoms with E-state index in [0.717, 1.165) is 44.3 Å². The monoisotopic (exact) mass is 545 g/mol. The van der Waals surface area contributed by atoms with E-state index in [1.165, 1.54) is 12.1 Å². The Morgan fingerprint density at radius 3 is 2.45 bits per heavy atom. The van der Waals surface area contributed by atoms with E-state index in [4.69, 9.17) is 11.6 Å². The van der Waals surface area contributed by atoms with Crippen molar-refractivity contribution < 1.29 is 14.0 Å². The molecule has 1 aromatic carbocycles. The van der Waals surface area contributed by atoms with Gasteiger partial charge in [0, 0.05) is 44.0 Å². The maximum absolute atomic E-state index is 13.3. The zero-order chi connectivity index (χ0) is 27.8. The number of benzene rings is 1. The fourth-order valence-electron chi connectivity index (χ4n) is 5.02. The van der Waals surface area contributed by atoms with Crippen molar-refractivity contribution in [1.82, 2.24) is 20.1 Å². The van der Waals surface area contributed by atoms with Gasteiger partial charge in [-0.15, -0.1) is 0 Å². The zero-order valence-electron chi connectivity index (χ0n) is 23.2. The van der Waals surface area contributed by atoms with Crippen molar-refractivity contribution in [2.45, 2.75) is 72.4 Å². The van der Waals surface area contributed by atoms with Gasteiger partial charge < -0.3 is 20.4 Å². The fourth-order valence-corrected chi connectivity index (χ4v) is 5.31. The van der Waals surface area contributed by atoms with Crippen LogP contribution in [0.5, 0.6) is 0 Å². The summed E-state index contributed by atoms with van der Waals surface area (Å²) in [5, 5.41) is 6.37. The third-order valence-corrected chi connectivity index (χ3v) is 7.76. The van der Waals surface area contributed by atoms with Crippen molar-refractivity contribution in [2.75, 3.05) is 31.5 Å². The summed E-state index contributed by atoms with van der Waals surface area (Å²) in [6.07, 6.45) is 3.60. The number of carbonyl (C=O) groups excluding carboxylic acids is 2. The number of piperidine rings is 1. The maximum Gasteiger partial charge on any atom is 0.322 e. The van der Waals surface area contributed by atoms with Crippen LogP contribution in [0.1, 0.15) is 68.1 Å². The lowest BCUT2D eigenvalue weighted by molar-refractivity contribution is 0.0907. The van der Waals surface area contributed by atoms with Gasteiger partial charge in [0.15, 0.2) is 0 Å². The molecule has 0 bridgehead atoms. The van der Waals surface area contributed by atoms with Crippen LogP contribution >= 0.6 is 11.6 Å². The van der Waals surface area contributed by atoms with Gasteiger partial charge in [0.25, 0.3) is 5.91 Å². The SMILES string of the molecule is CCC(C)CN(C(=O)Nc1ccc(F)cc1)C1CCN(C(C)CCNC(=O)c2c(C)cc(Cl)nc2C)CC1. The van der Waals surface area contributed by atoms with Crippen molar-refractivity contribution in [3.63, 3.8) is 0 Å². The van der Waals surface area contributed by atoms with Gasteiger partial charge in [-0.25, -0.2) is 14.2 Å². The number of nitrogens with one attached hydrogen (secondary N) is 2. The molecule has 208 valence electrons. The van der Waals surface area contributed by atoms with Crippen molar-refractivity contribution in [3.8, 4) is 0 Å². The largest absolute Gasteiger partial charge is 0.352 e. The minimum atomic E-state index is -0.326. The average molecular weight is 546 g/mol. The number of likely N-dealkylation sites (tertiary alicyclic amines) is 1. The van der Waals surface area contributed by atoms with Gasteiger partial charge in [0.05, 0.1) is 11.3 Å². The van der Waals surface area contributed by atoms with E-state index in [1.807, 2.05) is 11.8 Å². The number of carbonyl (C=O) groups is 2. The molecular formula is C29H41ClFN5O2. The number of halogens is 2. The van der Waals surface area contributed by atoms with E-state index < -0.39 is 0 Å². The molecule has 1 aromatic heterocycles. The van der Waals surface area contributed by atoms with Gasteiger partial charge in [-0.1, -0.05) is 31.9 Å². The van der Waals surface area contributed by atoms with Gasteiger partial charge in [0.2, 0.25) is 0 Å². The molecule has 9 heteroatoms. The summed E-state index contributed by atoms with van der Waals surface area (Å²) in [6.45, 7) is 13.2. The Balaban J connectivity index is 1.51. The molecule has 0 spiro atoms. The molecule has 2 aromatic rings. The highest BCUT2D eigenvalue weighted by Crippen LogP contribution is 2.23. The lowest BCUT2D eigenvalue weighted by atomic mass is 9.99. The van der Waals surface area contributed by atoms with Gasteiger partial charge in [-0.05, 0) is 81.8 Å². The summed E-state index contributed by atoms with van der Waals surface area (Å²) in [5.41, 5.74) is 2.63. The summed E-state index contributed by atoms with van der Waals surface area (Å²) < 4.78 is 13.3. The van der Waals surface area contributed by atoms with Crippen LogP contribution in [0.4, 0.5) is 14.9 Å². The van der Waals surface area contributed by atoms with Crippen LogP contribution in [-0.4, -0.2) is 65.0 Å². The number of anilines is 1. The Morgan fingerprint density at radius 1 is 1.18 bits per heavy atom. The van der Waals surface area contributed by atoms with Gasteiger partial charge in [-0.3, -0.25) is 4.79 Å². The molecule has 2 N–H and O–H groups in total. The number of aryl methyl sites for hydroxylation is 2. The first-order valence-electron chi connectivity index (χ1n) is 13.6. The van der Waals surface area contributed by atoms with Crippen molar-refractivity contribution in [2.24, 2.45) is 5.92 Å². The fraction of sp³-hybridized carbons (Fsp3) is 0.552. The van der Waals surface area contributed by atoms with Gasteiger partial charge in [0.1, 0.15) is 11.0 Å². The van der Waals surface area contributed by atoms with Crippen LogP contribution in [0.2, 0.25) is 5.15 Å². The third kappa shape index (κ3) is 8.14. The highest BCUT2D eigenvalue weighted by molar-refractivity contribution is 6.29. The van der Waals surface area contributed by atoms with Gasteiger partial charge in [-0.2, -0.15) is 0 Å². The minimum absolute atomic E-state index is 0.122. The number of hydrogen-bond donors (Lipinski definition) is 2. The normalized spacial score (nSPS) is 16.1. The number of rotatable bonds is 10. The van der Waals surface area contributed by atoms with Crippen LogP contribution in [0.3, 0.4) is 0 Å². The predicted molar refractivity (Wildman–Crippen MR) is 151 cm³/mol. The van der Waals surface area contributed by atoms with Crippen molar-refractivity contribution >= 4 is 29.2 Å². The molecule has 3 rings (SSSR count). The summed E-state index contributed by atoms with van der Waals surface area (Å²) in [6, 6.07) is 7.91. The number of amides is 3. The number of urea groups is 1. The maximum atomic E-state index is 13.3. The molecule has 2 heterocycles. The molecule has 1 aliphatic heterocycles. The quantitative estimate of drug-likeness (QED) is 0.357. The molecular weight excluding hydrogens is 505 g/mol. The second-order valence-corrected chi connectivity index (χ2v) is 10.9. The van der Waals surface area contributed by atoms with E-state index in [2.05, 4.69) is 41.3 Å². The molecule has 3 amide bonds. The Morgan fingerprint density at radius 2 is 1.84 bits per heavy atom. The first kappa shape index (κ1) is 29.8. The van der Waals surface area contributed by atoms with E-state index in [-0.39, 0.29) is 23.8 Å². The highest BCUT2D eigenvalue weighted by Gasteiger charge is 2.30. The number of pyridine rings is 1. The van der Waals surface area contributed by atoms with Crippen LogP contribution in [0.25, 0.3) is 0 Å². The summed E-state index contributed by atoms with van der Waals surface area (Å²) in [5.74, 6) is -0.0618. The molecule has 1 saturated heterocycles. The van der Waals surface area contributed by atoms with Crippen LogP contribution in [0, 0.1) is 25.6 Å². The molecule has 2 unspecified atom stereocenters. The Labute approximate surface area is 231 Å². The second kappa shape index (κ2) is 13.9. The summed E-state index contributed by atoms with van der Waals surface area (Å²) in [7, 11) is 0. The highest BCUT2D eigenvalue weighted by atomic mass is 35.5. The topological polar surface area (TPSA) is 77.6 Å². The van der Waals surface area contributed by atoms with E-state index in [9.17, 15) is 14.0 Å². The summed E-state index contributed by atoms with van der Waals surface area (Å²) in [4.78, 5) is 34.5. The lowest BCUT2D eigenvalue weighted by Gasteiger charge is -2.41. The van der Waals surface area contributed by atoms with Crippen LogP contribution in [-0.2, 0) is 0 Å².